The van der Waals surface area contributed by atoms with Crippen molar-refractivity contribution in [2.45, 2.75) is 0 Å². The molecule has 0 bridgehead atoms. The first-order chi connectivity index (χ1) is 11.4. The highest BCUT2D eigenvalue weighted by Gasteiger charge is 2.18. The summed E-state index contributed by atoms with van der Waals surface area (Å²) in [5, 5.41) is 25.3. The number of carbonyl (C=O) groups is 1. The second kappa shape index (κ2) is 7.29. The lowest BCUT2D eigenvalue weighted by atomic mass is 10.2. The van der Waals surface area contributed by atoms with Gasteiger partial charge in [-0.2, -0.15) is 5.10 Å². The Balaban J connectivity index is 2.15. The Morgan fingerprint density at radius 3 is 2.42 bits per heavy atom. The molecule has 0 aromatic heterocycles. The summed E-state index contributed by atoms with van der Waals surface area (Å²) < 4.78 is 0. The number of para-hydroxylation sites is 1. The van der Waals surface area contributed by atoms with Crippen molar-refractivity contribution in [3.8, 4) is 0 Å². The van der Waals surface area contributed by atoms with Crippen LogP contribution in [0.5, 0.6) is 0 Å². The zero-order chi connectivity index (χ0) is 17.7. The minimum Gasteiger partial charge on any atom is -0.267 e. The number of carbonyl (C=O) groups excluding carboxylic acids is 1. The highest BCUT2D eigenvalue weighted by atomic mass is 35.5. The zero-order valence-corrected chi connectivity index (χ0v) is 12.6. The molecule has 1 amide bonds. The molecule has 0 saturated carbocycles. The van der Waals surface area contributed by atoms with Gasteiger partial charge in [0.05, 0.1) is 16.1 Å². The highest BCUT2D eigenvalue weighted by molar-refractivity contribution is 6.32. The van der Waals surface area contributed by atoms with Crippen molar-refractivity contribution in [3.63, 3.8) is 0 Å². The molecule has 1 N–H and O–H groups in total. The number of nitro benzene ring substituents is 2. The van der Waals surface area contributed by atoms with Gasteiger partial charge in [-0.1, -0.05) is 29.8 Å². The standard InChI is InChI=1S/C14H9ClN4O5/c15-11-6-5-9(7-13(11)19(23)24)8-16-17-14(20)10-3-1-2-4-12(10)18(21)22/h1-8H,(H,17,20)/b16-8+. The van der Waals surface area contributed by atoms with E-state index >= 15 is 0 Å². The van der Waals surface area contributed by atoms with E-state index in [1.807, 2.05) is 0 Å². The number of nitrogens with one attached hydrogen (secondary N) is 1. The van der Waals surface area contributed by atoms with Crippen LogP contribution in [0.15, 0.2) is 47.6 Å². The number of nitrogens with zero attached hydrogens (tertiary/aromatic N) is 3. The first kappa shape index (κ1) is 17.0. The lowest BCUT2D eigenvalue weighted by molar-refractivity contribution is -0.385. The third-order valence-electron chi connectivity index (χ3n) is 2.89. The molecule has 2 rings (SSSR count). The summed E-state index contributed by atoms with van der Waals surface area (Å²) in [6.07, 6.45) is 1.16. The molecule has 0 aliphatic rings. The summed E-state index contributed by atoms with van der Waals surface area (Å²) in [5.74, 6) is -0.776. The van der Waals surface area contributed by atoms with Crippen LogP contribution in [-0.2, 0) is 0 Å². The van der Waals surface area contributed by atoms with E-state index in [0.717, 1.165) is 6.21 Å². The fraction of sp³-hybridized carbons (Fsp3) is 0. The smallest absolute Gasteiger partial charge is 0.267 e. The first-order valence-electron chi connectivity index (χ1n) is 6.41. The Labute approximate surface area is 139 Å². The maximum atomic E-state index is 11.9. The lowest BCUT2D eigenvalue weighted by Gasteiger charge is -2.01. The van der Waals surface area contributed by atoms with Crippen molar-refractivity contribution in [2.24, 2.45) is 5.10 Å². The molecule has 0 atom stereocenters. The largest absolute Gasteiger partial charge is 0.288 e. The summed E-state index contributed by atoms with van der Waals surface area (Å²) >= 11 is 5.68. The molecule has 0 saturated heterocycles. The molecule has 0 aliphatic carbocycles. The van der Waals surface area contributed by atoms with Crippen LogP contribution < -0.4 is 5.43 Å². The Kier molecular flexibility index (Phi) is 5.17. The van der Waals surface area contributed by atoms with E-state index in [2.05, 4.69) is 10.5 Å². The molecular weight excluding hydrogens is 340 g/mol. The molecule has 9 nitrogen and oxygen atoms in total. The number of amides is 1. The number of hydrogen-bond donors (Lipinski definition) is 1. The molecule has 10 heteroatoms. The predicted octanol–water partition coefficient (Wildman–Crippen LogP) is 2.92. The van der Waals surface area contributed by atoms with Gasteiger partial charge in [0, 0.05) is 17.7 Å². The van der Waals surface area contributed by atoms with E-state index in [-0.39, 0.29) is 22.0 Å². The van der Waals surface area contributed by atoms with Crippen LogP contribution in [-0.4, -0.2) is 22.0 Å². The van der Waals surface area contributed by atoms with Crippen LogP contribution in [0.4, 0.5) is 11.4 Å². The number of hydrazone groups is 1. The van der Waals surface area contributed by atoms with Gasteiger partial charge in [0.1, 0.15) is 10.6 Å². The SMILES string of the molecule is O=C(N/N=C/c1ccc(Cl)c([N+](=O)[O-])c1)c1ccccc1[N+](=O)[O-]. The molecule has 0 heterocycles. The van der Waals surface area contributed by atoms with Crippen molar-refractivity contribution in [1.29, 1.82) is 0 Å². The maximum absolute atomic E-state index is 11.9. The van der Waals surface area contributed by atoms with Gasteiger partial charge in [-0.05, 0) is 12.1 Å². The van der Waals surface area contributed by atoms with Gasteiger partial charge in [0.25, 0.3) is 17.3 Å². The molecule has 0 fully saturated rings. The molecule has 0 radical (unpaired) electrons. The van der Waals surface area contributed by atoms with E-state index in [4.69, 9.17) is 11.6 Å². The third kappa shape index (κ3) is 3.90. The van der Waals surface area contributed by atoms with Crippen LogP contribution in [0.3, 0.4) is 0 Å². The number of hydrogen-bond acceptors (Lipinski definition) is 6. The summed E-state index contributed by atoms with van der Waals surface area (Å²) in [5.41, 5.74) is 1.65. The van der Waals surface area contributed by atoms with Gasteiger partial charge in [0.2, 0.25) is 0 Å². The van der Waals surface area contributed by atoms with Crippen LogP contribution >= 0.6 is 11.6 Å². The zero-order valence-electron chi connectivity index (χ0n) is 11.9. The fourth-order valence-electron chi connectivity index (χ4n) is 1.80. The van der Waals surface area contributed by atoms with Crippen molar-refractivity contribution in [1.82, 2.24) is 5.43 Å². The number of rotatable bonds is 5. The predicted molar refractivity (Wildman–Crippen MR) is 86.3 cm³/mol. The second-order valence-electron chi connectivity index (χ2n) is 4.44. The van der Waals surface area contributed by atoms with Crippen molar-refractivity contribution < 1.29 is 14.6 Å². The van der Waals surface area contributed by atoms with Crippen LogP contribution in [0.2, 0.25) is 5.02 Å². The molecule has 2 aromatic carbocycles. The normalized spacial score (nSPS) is 10.5. The van der Waals surface area contributed by atoms with Crippen molar-refractivity contribution >= 4 is 35.1 Å². The Hall–Kier alpha value is -3.33. The minimum atomic E-state index is -0.776. The van der Waals surface area contributed by atoms with Gasteiger partial charge in [-0.25, -0.2) is 5.43 Å². The van der Waals surface area contributed by atoms with Gasteiger partial charge in [0.15, 0.2) is 0 Å². The van der Waals surface area contributed by atoms with Gasteiger partial charge in [-0.15, -0.1) is 0 Å². The first-order valence-corrected chi connectivity index (χ1v) is 6.78. The Morgan fingerprint density at radius 2 is 1.75 bits per heavy atom. The summed E-state index contributed by atoms with van der Waals surface area (Å²) in [6.45, 7) is 0. The second-order valence-corrected chi connectivity index (χ2v) is 4.85. The Bertz CT molecular complexity index is 853. The number of nitro groups is 2. The average molecular weight is 349 g/mol. The van der Waals surface area contributed by atoms with Gasteiger partial charge in [-0.3, -0.25) is 25.0 Å². The molecule has 24 heavy (non-hydrogen) atoms. The van der Waals surface area contributed by atoms with E-state index in [1.165, 1.54) is 42.5 Å². The number of benzene rings is 2. The van der Waals surface area contributed by atoms with Crippen molar-refractivity contribution in [3.05, 3.63) is 78.8 Å². The lowest BCUT2D eigenvalue weighted by Crippen LogP contribution is -2.18. The van der Waals surface area contributed by atoms with E-state index in [0.29, 0.717) is 5.56 Å². The summed E-state index contributed by atoms with van der Waals surface area (Å²) in [6, 6.07) is 9.38. The van der Waals surface area contributed by atoms with Crippen LogP contribution in [0, 0.1) is 20.2 Å². The summed E-state index contributed by atoms with van der Waals surface area (Å²) in [7, 11) is 0. The van der Waals surface area contributed by atoms with Gasteiger partial charge < -0.3 is 0 Å². The quantitative estimate of drug-likeness (QED) is 0.504. The minimum absolute atomic E-state index is 0.0268. The fourth-order valence-corrected chi connectivity index (χ4v) is 1.99. The molecule has 0 unspecified atom stereocenters. The highest BCUT2D eigenvalue weighted by Crippen LogP contribution is 2.24. The molecule has 0 aliphatic heterocycles. The molecule has 122 valence electrons. The van der Waals surface area contributed by atoms with E-state index < -0.39 is 15.8 Å². The van der Waals surface area contributed by atoms with Crippen molar-refractivity contribution in [2.75, 3.05) is 0 Å². The van der Waals surface area contributed by atoms with Crippen LogP contribution in [0.25, 0.3) is 0 Å². The summed E-state index contributed by atoms with van der Waals surface area (Å²) in [4.78, 5) is 32.3. The monoisotopic (exact) mass is 348 g/mol. The van der Waals surface area contributed by atoms with Gasteiger partial charge >= 0.3 is 0 Å². The molecule has 2 aromatic rings. The maximum Gasteiger partial charge on any atom is 0.288 e. The molecular formula is C14H9ClN4O5. The van der Waals surface area contributed by atoms with Crippen LogP contribution in [0.1, 0.15) is 15.9 Å². The third-order valence-corrected chi connectivity index (χ3v) is 3.21. The topological polar surface area (TPSA) is 128 Å². The van der Waals surface area contributed by atoms with E-state index in [9.17, 15) is 25.0 Å². The number of halogens is 1. The molecule has 0 spiro atoms. The average Bonchev–Trinajstić information content (AvgIpc) is 2.56. The van der Waals surface area contributed by atoms with E-state index in [1.54, 1.807) is 0 Å². The Morgan fingerprint density at radius 1 is 1.08 bits per heavy atom.